The van der Waals surface area contributed by atoms with Crippen molar-refractivity contribution in [3.63, 3.8) is 0 Å². The summed E-state index contributed by atoms with van der Waals surface area (Å²) in [5, 5.41) is 4.74. The van der Waals surface area contributed by atoms with Gasteiger partial charge >= 0.3 is 0 Å². The van der Waals surface area contributed by atoms with E-state index in [1.807, 2.05) is 36.6 Å². The van der Waals surface area contributed by atoms with Crippen molar-refractivity contribution >= 4 is 22.9 Å². The fourth-order valence-electron chi connectivity index (χ4n) is 1.81. The molecule has 0 bridgehead atoms. The zero-order valence-corrected chi connectivity index (χ0v) is 12.7. The molecule has 1 aromatic carbocycles. The highest BCUT2D eigenvalue weighted by molar-refractivity contribution is 7.12. The second-order valence-electron chi connectivity index (χ2n) is 4.30. The number of benzene rings is 1. The topological polar surface area (TPSA) is 64.3 Å². The molecule has 1 aromatic heterocycles. The van der Waals surface area contributed by atoms with Crippen LogP contribution in [0.2, 0.25) is 0 Å². The quantitative estimate of drug-likeness (QED) is 0.856. The highest BCUT2D eigenvalue weighted by atomic mass is 32.1. The number of methoxy groups -OCH3 is 1. The fraction of sp³-hybridized carbons (Fsp3) is 0.188. The molecule has 0 aliphatic carbocycles. The summed E-state index contributed by atoms with van der Waals surface area (Å²) >= 11 is 1.36. The number of ether oxygens (including phenoxy) is 1. The predicted molar refractivity (Wildman–Crippen MR) is 85.9 cm³/mol. The van der Waals surface area contributed by atoms with E-state index < -0.39 is 0 Å². The van der Waals surface area contributed by atoms with E-state index in [0.717, 1.165) is 17.0 Å². The number of aryl methyl sites for hydroxylation is 1. The molecular weight excluding hydrogens is 284 g/mol. The molecule has 0 radical (unpaired) electrons. The van der Waals surface area contributed by atoms with E-state index >= 15 is 0 Å². The number of carbonyl (C=O) groups excluding carboxylic acids is 1. The van der Waals surface area contributed by atoms with Crippen molar-refractivity contribution in [3.05, 3.63) is 45.6 Å². The lowest BCUT2D eigenvalue weighted by molar-refractivity contribution is 0.103. The van der Waals surface area contributed by atoms with Gasteiger partial charge in [-0.25, -0.2) is 0 Å². The van der Waals surface area contributed by atoms with Crippen LogP contribution in [0.3, 0.4) is 0 Å². The summed E-state index contributed by atoms with van der Waals surface area (Å²) in [6, 6.07) is 7.33. The van der Waals surface area contributed by atoms with Gasteiger partial charge in [-0.2, -0.15) is 0 Å². The molecule has 0 atom stereocenters. The Bertz CT molecular complexity index is 711. The first-order chi connectivity index (χ1) is 10.2. The molecule has 0 unspecified atom stereocenters. The van der Waals surface area contributed by atoms with Gasteiger partial charge in [0.2, 0.25) is 0 Å². The van der Waals surface area contributed by atoms with E-state index in [4.69, 9.17) is 10.5 Å². The van der Waals surface area contributed by atoms with E-state index in [9.17, 15) is 4.79 Å². The summed E-state index contributed by atoms with van der Waals surface area (Å²) in [6.45, 7) is 2.19. The third-order valence-electron chi connectivity index (χ3n) is 2.88. The van der Waals surface area contributed by atoms with E-state index in [2.05, 4.69) is 17.2 Å². The Kier molecular flexibility index (Phi) is 4.99. The number of nitrogens with one attached hydrogen (secondary N) is 1. The van der Waals surface area contributed by atoms with Gasteiger partial charge in [0.1, 0.15) is 10.6 Å². The third kappa shape index (κ3) is 3.63. The molecule has 5 heteroatoms. The van der Waals surface area contributed by atoms with E-state index in [1.54, 1.807) is 7.11 Å². The molecule has 2 rings (SSSR count). The maximum atomic E-state index is 12.3. The second kappa shape index (κ2) is 6.93. The Hall–Kier alpha value is -2.29. The second-order valence-corrected chi connectivity index (χ2v) is 5.22. The minimum Gasteiger partial charge on any atom is -0.497 e. The van der Waals surface area contributed by atoms with Crippen molar-refractivity contribution in [2.75, 3.05) is 19.0 Å². The van der Waals surface area contributed by atoms with Gasteiger partial charge in [0, 0.05) is 11.3 Å². The Morgan fingerprint density at radius 2 is 2.24 bits per heavy atom. The van der Waals surface area contributed by atoms with E-state index in [1.165, 1.54) is 11.3 Å². The lowest BCUT2D eigenvalue weighted by Crippen LogP contribution is -2.12. The summed E-state index contributed by atoms with van der Waals surface area (Å²) in [4.78, 5) is 12.9. The Labute approximate surface area is 127 Å². The molecule has 0 fully saturated rings. The molecule has 1 amide bonds. The number of hydrogen-bond donors (Lipinski definition) is 2. The Balaban J connectivity index is 2.20. The molecule has 0 spiro atoms. The minimum absolute atomic E-state index is 0.167. The molecule has 0 saturated carbocycles. The van der Waals surface area contributed by atoms with Crippen LogP contribution in [0.15, 0.2) is 29.6 Å². The van der Waals surface area contributed by atoms with Gasteiger partial charge in [-0.05, 0) is 42.1 Å². The largest absolute Gasteiger partial charge is 0.497 e. The first kappa shape index (κ1) is 15.1. The third-order valence-corrected chi connectivity index (χ3v) is 3.79. The van der Waals surface area contributed by atoms with Crippen molar-refractivity contribution < 1.29 is 9.53 Å². The predicted octanol–water partition coefficient (Wildman–Crippen LogP) is 2.63. The zero-order valence-electron chi connectivity index (χ0n) is 11.9. The maximum Gasteiger partial charge on any atom is 0.267 e. The van der Waals surface area contributed by atoms with Crippen LogP contribution in [-0.2, 0) is 0 Å². The van der Waals surface area contributed by atoms with E-state index in [-0.39, 0.29) is 12.5 Å². The first-order valence-electron chi connectivity index (χ1n) is 6.38. The maximum absolute atomic E-state index is 12.3. The molecule has 2 aromatic rings. The SMILES string of the molecule is COc1ccc(NC(=O)c2sccc2C#CCN)c(C)c1. The standard InChI is InChI=1S/C16H16N2O2S/c1-11-10-13(20-2)5-6-14(11)18-16(19)15-12(4-3-8-17)7-9-21-15/h5-7,9-10H,8,17H2,1-2H3,(H,18,19). The van der Waals surface area contributed by atoms with Crippen molar-refractivity contribution in [2.45, 2.75) is 6.92 Å². The summed E-state index contributed by atoms with van der Waals surface area (Å²) in [5.74, 6) is 6.26. The van der Waals surface area contributed by atoms with Crippen molar-refractivity contribution in [1.82, 2.24) is 0 Å². The first-order valence-corrected chi connectivity index (χ1v) is 7.26. The van der Waals surface area contributed by atoms with Crippen LogP contribution in [0.4, 0.5) is 5.69 Å². The minimum atomic E-state index is -0.167. The van der Waals surface area contributed by atoms with Crippen LogP contribution in [-0.4, -0.2) is 19.6 Å². The van der Waals surface area contributed by atoms with Gasteiger partial charge in [-0.1, -0.05) is 11.8 Å². The molecule has 3 N–H and O–H groups in total. The molecule has 4 nitrogen and oxygen atoms in total. The van der Waals surface area contributed by atoms with Crippen molar-refractivity contribution in [2.24, 2.45) is 5.73 Å². The smallest absolute Gasteiger partial charge is 0.267 e. The Morgan fingerprint density at radius 1 is 1.43 bits per heavy atom. The Morgan fingerprint density at radius 3 is 2.90 bits per heavy atom. The number of carbonyl (C=O) groups is 1. The average molecular weight is 300 g/mol. The van der Waals surface area contributed by atoms with Crippen LogP contribution in [0.1, 0.15) is 20.8 Å². The summed E-state index contributed by atoms with van der Waals surface area (Å²) in [6.07, 6.45) is 0. The lowest BCUT2D eigenvalue weighted by atomic mass is 10.2. The van der Waals surface area contributed by atoms with Crippen LogP contribution < -0.4 is 15.8 Å². The zero-order chi connectivity index (χ0) is 15.2. The van der Waals surface area contributed by atoms with Crippen molar-refractivity contribution in [1.29, 1.82) is 0 Å². The summed E-state index contributed by atoms with van der Waals surface area (Å²) < 4.78 is 5.15. The molecule has 21 heavy (non-hydrogen) atoms. The molecular formula is C16H16N2O2S. The van der Waals surface area contributed by atoms with Crippen LogP contribution in [0, 0.1) is 18.8 Å². The molecule has 1 heterocycles. The summed E-state index contributed by atoms with van der Waals surface area (Å²) in [7, 11) is 1.61. The van der Waals surface area contributed by atoms with Crippen LogP contribution in [0.5, 0.6) is 5.75 Å². The number of anilines is 1. The highest BCUT2D eigenvalue weighted by Gasteiger charge is 2.13. The molecule has 0 saturated heterocycles. The van der Waals surface area contributed by atoms with Crippen molar-refractivity contribution in [3.8, 4) is 17.6 Å². The van der Waals surface area contributed by atoms with Gasteiger partial charge in [0.25, 0.3) is 5.91 Å². The summed E-state index contributed by atoms with van der Waals surface area (Å²) in [5.41, 5.74) is 7.76. The van der Waals surface area contributed by atoms with Gasteiger partial charge in [-0.15, -0.1) is 11.3 Å². The molecule has 0 aliphatic rings. The number of hydrogen-bond acceptors (Lipinski definition) is 4. The number of rotatable bonds is 3. The molecule has 108 valence electrons. The van der Waals surface area contributed by atoms with Gasteiger partial charge in [-0.3, -0.25) is 4.79 Å². The average Bonchev–Trinajstić information content (AvgIpc) is 2.95. The van der Waals surface area contributed by atoms with Crippen LogP contribution in [0.25, 0.3) is 0 Å². The van der Waals surface area contributed by atoms with E-state index in [0.29, 0.717) is 10.4 Å². The number of amides is 1. The van der Waals surface area contributed by atoms with Gasteiger partial charge in [0.15, 0.2) is 0 Å². The molecule has 0 aliphatic heterocycles. The van der Waals surface area contributed by atoms with Crippen LogP contribution >= 0.6 is 11.3 Å². The lowest BCUT2D eigenvalue weighted by Gasteiger charge is -2.09. The van der Waals surface area contributed by atoms with Gasteiger partial charge in [0.05, 0.1) is 13.7 Å². The number of nitrogens with two attached hydrogens (primary N) is 1. The highest BCUT2D eigenvalue weighted by Crippen LogP contribution is 2.23. The fourth-order valence-corrected chi connectivity index (χ4v) is 2.56. The monoisotopic (exact) mass is 300 g/mol. The normalized spacial score (nSPS) is 9.67. The number of thiophene rings is 1. The van der Waals surface area contributed by atoms with Gasteiger partial charge < -0.3 is 15.8 Å².